The molecule has 0 saturated carbocycles. The highest BCUT2D eigenvalue weighted by atomic mass is 16.2. The molecule has 8 heteroatoms. The highest BCUT2D eigenvalue weighted by Gasteiger charge is 2.18. The van der Waals surface area contributed by atoms with Crippen molar-refractivity contribution in [1.29, 1.82) is 0 Å². The molecule has 0 bridgehead atoms. The molecule has 0 aliphatic heterocycles. The molecule has 33 heavy (non-hydrogen) atoms. The molecule has 1 amide bonds. The van der Waals surface area contributed by atoms with Gasteiger partial charge in [-0.05, 0) is 28.3 Å². The van der Waals surface area contributed by atoms with Crippen LogP contribution in [0.15, 0.2) is 91.6 Å². The van der Waals surface area contributed by atoms with Crippen molar-refractivity contribution in [2.45, 2.75) is 25.6 Å². The van der Waals surface area contributed by atoms with E-state index in [1.54, 1.807) is 21.9 Å². The molecule has 3 aromatic carbocycles. The molecule has 0 saturated heterocycles. The van der Waals surface area contributed by atoms with E-state index >= 15 is 0 Å². The van der Waals surface area contributed by atoms with Crippen LogP contribution in [0.4, 0.5) is 0 Å². The lowest BCUT2D eigenvalue weighted by molar-refractivity contribution is 0.0928. The summed E-state index contributed by atoms with van der Waals surface area (Å²) in [5, 5.41) is 17.9. The third-order valence-electron chi connectivity index (χ3n) is 5.60. The van der Waals surface area contributed by atoms with E-state index in [0.29, 0.717) is 19.5 Å². The minimum Gasteiger partial charge on any atom is -0.344 e. The van der Waals surface area contributed by atoms with Crippen LogP contribution < -0.4 is 5.32 Å². The van der Waals surface area contributed by atoms with Crippen LogP contribution in [0.3, 0.4) is 0 Å². The molecule has 0 aliphatic carbocycles. The molecular weight excluding hydrogens is 414 g/mol. The van der Waals surface area contributed by atoms with E-state index in [4.69, 9.17) is 0 Å². The van der Waals surface area contributed by atoms with Crippen molar-refractivity contribution in [3.63, 3.8) is 0 Å². The summed E-state index contributed by atoms with van der Waals surface area (Å²) in [6, 6.07) is 24.1. The quantitative estimate of drug-likeness (QED) is 0.400. The minimum absolute atomic E-state index is 0.189. The molecule has 8 nitrogen and oxygen atoms in total. The third kappa shape index (κ3) is 4.79. The number of carbonyl (C=O) groups is 1. The zero-order chi connectivity index (χ0) is 22.5. The second-order valence-electron chi connectivity index (χ2n) is 7.82. The minimum atomic E-state index is -0.258. The number of benzene rings is 3. The number of rotatable bonds is 8. The summed E-state index contributed by atoms with van der Waals surface area (Å²) in [6.07, 6.45) is 5.53. The summed E-state index contributed by atoms with van der Waals surface area (Å²) in [5.74, 6) is -0.258. The van der Waals surface area contributed by atoms with Crippen LogP contribution in [-0.2, 0) is 13.1 Å². The van der Waals surface area contributed by atoms with Crippen molar-refractivity contribution < 1.29 is 4.79 Å². The first-order valence-corrected chi connectivity index (χ1v) is 10.8. The molecule has 0 radical (unpaired) electrons. The first-order valence-electron chi connectivity index (χ1n) is 10.8. The summed E-state index contributed by atoms with van der Waals surface area (Å²) in [4.78, 5) is 17.0. The summed E-state index contributed by atoms with van der Waals surface area (Å²) < 4.78 is 3.45. The van der Waals surface area contributed by atoms with Gasteiger partial charge in [-0.25, -0.2) is 9.67 Å². The predicted octanol–water partition coefficient (Wildman–Crippen LogP) is 3.63. The number of fused-ring (bicyclic) bond motifs is 1. The molecule has 0 fully saturated rings. The molecule has 164 valence electrons. The number of carbonyl (C=O) groups excluding carboxylic acids is 1. The van der Waals surface area contributed by atoms with Gasteiger partial charge in [-0.1, -0.05) is 78.0 Å². The van der Waals surface area contributed by atoms with Crippen LogP contribution in [-0.4, -0.2) is 35.7 Å². The Balaban J connectivity index is 1.31. The topological polar surface area (TPSA) is 90.5 Å². The average molecular weight is 438 g/mol. The van der Waals surface area contributed by atoms with E-state index < -0.39 is 0 Å². The predicted molar refractivity (Wildman–Crippen MR) is 124 cm³/mol. The molecule has 5 aromatic rings. The molecule has 2 aromatic heterocycles. The average Bonchev–Trinajstić information content (AvgIpc) is 3.55. The molecule has 0 aliphatic rings. The lowest BCUT2D eigenvalue weighted by Gasteiger charge is -2.18. The normalized spacial score (nSPS) is 12.0. The smallest absolute Gasteiger partial charge is 0.273 e. The number of hydrogen-bond donors (Lipinski definition) is 1. The highest BCUT2D eigenvalue weighted by molar-refractivity contribution is 5.92. The van der Waals surface area contributed by atoms with Crippen LogP contribution in [0, 0.1) is 0 Å². The van der Waals surface area contributed by atoms with Gasteiger partial charge in [0, 0.05) is 6.54 Å². The van der Waals surface area contributed by atoms with E-state index in [9.17, 15) is 4.79 Å². The Labute approximate surface area is 190 Å². The van der Waals surface area contributed by atoms with E-state index in [-0.39, 0.29) is 17.6 Å². The first-order chi connectivity index (χ1) is 16.3. The highest BCUT2D eigenvalue weighted by Crippen LogP contribution is 2.20. The maximum atomic E-state index is 13.0. The summed E-state index contributed by atoms with van der Waals surface area (Å²) in [6.45, 7) is 1.17. The van der Waals surface area contributed by atoms with Crippen LogP contribution in [0.5, 0.6) is 0 Å². The molecule has 0 spiro atoms. The van der Waals surface area contributed by atoms with Gasteiger partial charge in [0.25, 0.3) is 5.91 Å². The molecule has 5 rings (SSSR count). The summed E-state index contributed by atoms with van der Waals surface area (Å²) >= 11 is 0. The number of nitrogens with zero attached hydrogens (tertiary/aromatic N) is 6. The van der Waals surface area contributed by atoms with Crippen LogP contribution in [0.2, 0.25) is 0 Å². The van der Waals surface area contributed by atoms with Crippen molar-refractivity contribution in [3.8, 4) is 0 Å². The van der Waals surface area contributed by atoms with Crippen molar-refractivity contribution in [2.24, 2.45) is 0 Å². The monoisotopic (exact) mass is 437 g/mol. The van der Waals surface area contributed by atoms with Gasteiger partial charge in [0.1, 0.15) is 12.7 Å². The van der Waals surface area contributed by atoms with E-state index in [2.05, 4.69) is 50.0 Å². The Bertz CT molecular complexity index is 1340. The lowest BCUT2D eigenvalue weighted by Crippen LogP contribution is -2.29. The molecule has 1 atom stereocenters. The molecule has 1 unspecified atom stereocenters. The standard InChI is InChI=1S/C25H23N7O/c33-25(28-23(20-8-2-1-3-9-20)13-14-31-18-26-17-27-31)24-16-32(30-29-24)15-21-11-6-10-19-7-4-5-12-22(19)21/h1-12,16-18,23H,13-15H2,(H,28,33). The van der Waals surface area contributed by atoms with Gasteiger partial charge >= 0.3 is 0 Å². The van der Waals surface area contributed by atoms with Gasteiger partial charge in [0.15, 0.2) is 5.69 Å². The third-order valence-corrected chi connectivity index (χ3v) is 5.60. The fourth-order valence-corrected chi connectivity index (χ4v) is 3.93. The SMILES string of the molecule is O=C(NC(CCn1cncn1)c1ccccc1)c1cn(Cc2cccc3ccccc23)nn1. The van der Waals surface area contributed by atoms with Gasteiger partial charge in [0.05, 0.1) is 18.8 Å². The maximum absolute atomic E-state index is 13.0. The van der Waals surface area contributed by atoms with Crippen molar-refractivity contribution in [3.05, 3.63) is 108 Å². The van der Waals surface area contributed by atoms with Crippen molar-refractivity contribution in [2.75, 3.05) is 0 Å². The number of hydrogen-bond acceptors (Lipinski definition) is 5. The van der Waals surface area contributed by atoms with E-state index in [1.807, 2.05) is 48.5 Å². The van der Waals surface area contributed by atoms with Gasteiger partial charge in [-0.2, -0.15) is 5.10 Å². The number of aryl methyl sites for hydroxylation is 1. The van der Waals surface area contributed by atoms with Crippen LogP contribution in [0.1, 0.15) is 34.1 Å². The second kappa shape index (κ2) is 9.44. The van der Waals surface area contributed by atoms with Gasteiger partial charge < -0.3 is 5.32 Å². The Hall–Kier alpha value is -4.33. The van der Waals surface area contributed by atoms with Crippen molar-refractivity contribution >= 4 is 16.7 Å². The first kappa shape index (κ1) is 20.6. The molecule has 1 N–H and O–H groups in total. The number of aromatic nitrogens is 6. The fourth-order valence-electron chi connectivity index (χ4n) is 3.93. The fraction of sp³-hybridized carbons (Fsp3) is 0.160. The van der Waals surface area contributed by atoms with E-state index in [0.717, 1.165) is 11.1 Å². The Morgan fingerprint density at radius 3 is 2.61 bits per heavy atom. The summed E-state index contributed by atoms with van der Waals surface area (Å²) in [7, 11) is 0. The number of nitrogens with one attached hydrogen (secondary N) is 1. The molecular formula is C25H23N7O. The van der Waals surface area contributed by atoms with Gasteiger partial charge in [-0.15, -0.1) is 5.10 Å². The van der Waals surface area contributed by atoms with Crippen molar-refractivity contribution in [1.82, 2.24) is 35.1 Å². The van der Waals surface area contributed by atoms with E-state index in [1.165, 1.54) is 17.1 Å². The zero-order valence-corrected chi connectivity index (χ0v) is 18.0. The Morgan fingerprint density at radius 1 is 0.939 bits per heavy atom. The van der Waals surface area contributed by atoms with Crippen LogP contribution >= 0.6 is 0 Å². The zero-order valence-electron chi connectivity index (χ0n) is 18.0. The Morgan fingerprint density at radius 2 is 1.76 bits per heavy atom. The van der Waals surface area contributed by atoms with Crippen LogP contribution in [0.25, 0.3) is 10.8 Å². The van der Waals surface area contributed by atoms with Gasteiger partial charge in [-0.3, -0.25) is 9.48 Å². The number of amides is 1. The second-order valence-corrected chi connectivity index (χ2v) is 7.82. The molecule has 2 heterocycles. The maximum Gasteiger partial charge on any atom is 0.273 e. The lowest BCUT2D eigenvalue weighted by atomic mass is 10.0. The van der Waals surface area contributed by atoms with Gasteiger partial charge in [0.2, 0.25) is 0 Å². The Kier molecular flexibility index (Phi) is 5.88. The summed E-state index contributed by atoms with van der Waals surface area (Å²) in [5.41, 5.74) is 2.44. The largest absolute Gasteiger partial charge is 0.344 e.